The Morgan fingerprint density at radius 1 is 1.12 bits per heavy atom. The van der Waals surface area contributed by atoms with Crippen LogP contribution in [0.15, 0.2) is 36.4 Å². The van der Waals surface area contributed by atoms with Gasteiger partial charge in [0, 0.05) is 23.6 Å². The van der Waals surface area contributed by atoms with Crippen molar-refractivity contribution in [1.29, 1.82) is 0 Å². The summed E-state index contributed by atoms with van der Waals surface area (Å²) in [6.45, 7) is -1.68. The van der Waals surface area contributed by atoms with Gasteiger partial charge in [-0.1, -0.05) is 0 Å². The minimum Gasteiger partial charge on any atom is -0.432 e. The van der Waals surface area contributed by atoms with Crippen molar-refractivity contribution in [2.45, 2.75) is 26.4 Å². The number of nitrogens with one attached hydrogen (secondary N) is 1. The van der Waals surface area contributed by atoms with Gasteiger partial charge in [0.25, 0.3) is 0 Å². The molecule has 0 saturated heterocycles. The number of benzene rings is 2. The van der Waals surface area contributed by atoms with Gasteiger partial charge in [-0.15, -0.1) is 0 Å². The SMILES string of the molecule is CC(=O)CCc1c(-c2ccc(F)cc2)[nH]c2c(OC(F)F)cc(F)cc12. The van der Waals surface area contributed by atoms with Crippen LogP contribution in [0.5, 0.6) is 5.75 Å². The van der Waals surface area contributed by atoms with Crippen molar-refractivity contribution < 1.29 is 27.1 Å². The zero-order valence-electron chi connectivity index (χ0n) is 13.8. The molecule has 26 heavy (non-hydrogen) atoms. The maximum absolute atomic E-state index is 13.9. The van der Waals surface area contributed by atoms with E-state index in [4.69, 9.17) is 0 Å². The highest BCUT2D eigenvalue weighted by Gasteiger charge is 2.19. The summed E-state index contributed by atoms with van der Waals surface area (Å²) < 4.78 is 56.9. The second kappa shape index (κ2) is 7.19. The number of ketones is 1. The summed E-state index contributed by atoms with van der Waals surface area (Å²) in [5, 5.41) is 0.348. The van der Waals surface area contributed by atoms with E-state index in [0.29, 0.717) is 22.2 Å². The molecule has 0 amide bonds. The molecule has 0 saturated carbocycles. The summed E-state index contributed by atoms with van der Waals surface area (Å²) in [4.78, 5) is 14.4. The molecule has 0 unspecified atom stereocenters. The Balaban J connectivity index is 2.22. The Morgan fingerprint density at radius 3 is 2.42 bits per heavy atom. The van der Waals surface area contributed by atoms with Gasteiger partial charge < -0.3 is 14.5 Å². The van der Waals surface area contributed by atoms with Gasteiger partial charge in [-0.3, -0.25) is 0 Å². The Morgan fingerprint density at radius 2 is 1.81 bits per heavy atom. The number of hydrogen-bond acceptors (Lipinski definition) is 2. The summed E-state index contributed by atoms with van der Waals surface area (Å²) in [7, 11) is 0. The smallest absolute Gasteiger partial charge is 0.387 e. The van der Waals surface area contributed by atoms with Crippen molar-refractivity contribution in [3.05, 3.63) is 53.6 Å². The standard InChI is InChI=1S/C19H15F4NO2/c1-10(25)2-7-14-15-8-13(21)9-16(26-19(22)23)18(15)24-17(14)11-3-5-12(20)6-4-11/h3-6,8-9,19,24H,2,7H2,1H3. The van der Waals surface area contributed by atoms with Crippen LogP contribution in [0.1, 0.15) is 18.9 Å². The molecule has 3 rings (SSSR count). The lowest BCUT2D eigenvalue weighted by Gasteiger charge is -2.06. The first-order valence-electron chi connectivity index (χ1n) is 7.89. The molecule has 3 aromatic rings. The van der Waals surface area contributed by atoms with E-state index in [1.165, 1.54) is 37.3 Å². The first kappa shape index (κ1) is 18.0. The summed E-state index contributed by atoms with van der Waals surface area (Å²) in [5.74, 6) is -1.55. The summed E-state index contributed by atoms with van der Waals surface area (Å²) in [6, 6.07) is 7.61. The molecule has 0 atom stereocenters. The molecule has 0 radical (unpaired) electrons. The summed E-state index contributed by atoms with van der Waals surface area (Å²) in [6.07, 6.45) is 0.475. The number of aryl methyl sites for hydroxylation is 1. The van der Waals surface area contributed by atoms with E-state index in [-0.39, 0.29) is 29.9 Å². The molecule has 0 spiro atoms. The van der Waals surface area contributed by atoms with Crippen LogP contribution in [0.3, 0.4) is 0 Å². The molecule has 0 fully saturated rings. The first-order valence-corrected chi connectivity index (χ1v) is 7.89. The molecule has 7 heteroatoms. The Labute approximate surface area is 146 Å². The van der Waals surface area contributed by atoms with Gasteiger partial charge in [-0.05, 0) is 54.8 Å². The average molecular weight is 365 g/mol. The van der Waals surface area contributed by atoms with Crippen LogP contribution in [0, 0.1) is 11.6 Å². The number of carbonyl (C=O) groups excluding carboxylic acids is 1. The lowest BCUT2D eigenvalue weighted by Crippen LogP contribution is -2.02. The third-order valence-corrected chi connectivity index (χ3v) is 4.02. The molecular formula is C19H15F4NO2. The van der Waals surface area contributed by atoms with Gasteiger partial charge in [-0.2, -0.15) is 8.78 Å². The van der Waals surface area contributed by atoms with Gasteiger partial charge >= 0.3 is 6.61 Å². The zero-order chi connectivity index (χ0) is 18.8. The van der Waals surface area contributed by atoms with Crippen LogP contribution < -0.4 is 4.74 Å². The molecule has 1 heterocycles. The Bertz CT molecular complexity index is 948. The van der Waals surface area contributed by atoms with Crippen LogP contribution in [-0.4, -0.2) is 17.4 Å². The fourth-order valence-electron chi connectivity index (χ4n) is 2.90. The maximum atomic E-state index is 13.9. The molecule has 0 aliphatic carbocycles. The number of hydrogen-bond donors (Lipinski definition) is 1. The number of aromatic amines is 1. The Kier molecular flexibility index (Phi) is 4.97. The molecule has 136 valence electrons. The number of alkyl halides is 2. The van der Waals surface area contributed by atoms with Gasteiger partial charge in [0.05, 0.1) is 5.52 Å². The van der Waals surface area contributed by atoms with Crippen molar-refractivity contribution in [2.75, 3.05) is 0 Å². The minimum absolute atomic E-state index is 0.0649. The third-order valence-electron chi connectivity index (χ3n) is 4.02. The van der Waals surface area contributed by atoms with Crippen LogP contribution in [-0.2, 0) is 11.2 Å². The number of rotatable bonds is 6. The summed E-state index contributed by atoms with van der Waals surface area (Å²) in [5.41, 5.74) is 1.88. The largest absolute Gasteiger partial charge is 0.432 e. The monoisotopic (exact) mass is 365 g/mol. The van der Waals surface area contributed by atoms with E-state index in [1.54, 1.807) is 0 Å². The van der Waals surface area contributed by atoms with Crippen LogP contribution in [0.4, 0.5) is 17.6 Å². The van der Waals surface area contributed by atoms with Crippen molar-refractivity contribution in [2.24, 2.45) is 0 Å². The fraction of sp³-hybridized carbons (Fsp3) is 0.211. The number of H-pyrrole nitrogens is 1. The predicted octanol–water partition coefficient (Wildman–Crippen LogP) is 5.24. The van der Waals surface area contributed by atoms with Crippen LogP contribution >= 0.6 is 0 Å². The first-order chi connectivity index (χ1) is 12.3. The number of fused-ring (bicyclic) bond motifs is 1. The van der Waals surface area contributed by atoms with Crippen molar-refractivity contribution in [3.63, 3.8) is 0 Å². The molecule has 2 aromatic carbocycles. The van der Waals surface area contributed by atoms with E-state index in [9.17, 15) is 22.4 Å². The summed E-state index contributed by atoms with van der Waals surface area (Å²) >= 11 is 0. The van der Waals surface area contributed by atoms with E-state index in [0.717, 1.165) is 6.07 Å². The molecule has 0 aliphatic rings. The van der Waals surface area contributed by atoms with Gasteiger partial charge in [0.15, 0.2) is 5.75 Å². The number of halogens is 4. The van der Waals surface area contributed by atoms with E-state index in [1.807, 2.05) is 0 Å². The van der Waals surface area contributed by atoms with Crippen LogP contribution in [0.25, 0.3) is 22.2 Å². The molecule has 3 nitrogen and oxygen atoms in total. The number of ether oxygens (including phenoxy) is 1. The predicted molar refractivity (Wildman–Crippen MR) is 89.3 cm³/mol. The van der Waals surface area contributed by atoms with E-state index in [2.05, 4.69) is 9.72 Å². The van der Waals surface area contributed by atoms with Gasteiger partial charge in [-0.25, -0.2) is 8.78 Å². The van der Waals surface area contributed by atoms with E-state index >= 15 is 0 Å². The topological polar surface area (TPSA) is 42.1 Å². The van der Waals surface area contributed by atoms with Crippen molar-refractivity contribution in [1.82, 2.24) is 4.98 Å². The lowest BCUT2D eigenvalue weighted by molar-refractivity contribution is -0.116. The third kappa shape index (κ3) is 3.71. The average Bonchev–Trinajstić information content (AvgIpc) is 2.91. The highest BCUT2D eigenvalue weighted by atomic mass is 19.3. The van der Waals surface area contributed by atoms with Crippen molar-refractivity contribution >= 4 is 16.7 Å². The molecular weight excluding hydrogens is 350 g/mol. The zero-order valence-corrected chi connectivity index (χ0v) is 13.8. The van der Waals surface area contributed by atoms with Crippen LogP contribution in [0.2, 0.25) is 0 Å². The maximum Gasteiger partial charge on any atom is 0.387 e. The number of Topliss-reactive ketones (excluding diaryl/α,β-unsaturated/α-hetero) is 1. The Hall–Kier alpha value is -2.83. The number of carbonyl (C=O) groups is 1. The fourth-order valence-corrected chi connectivity index (χ4v) is 2.90. The van der Waals surface area contributed by atoms with Crippen molar-refractivity contribution in [3.8, 4) is 17.0 Å². The quantitative estimate of drug-likeness (QED) is 0.607. The lowest BCUT2D eigenvalue weighted by atomic mass is 10.00. The normalized spacial score (nSPS) is 11.3. The second-order valence-electron chi connectivity index (χ2n) is 5.89. The second-order valence-corrected chi connectivity index (χ2v) is 5.89. The molecule has 1 N–H and O–H groups in total. The molecule has 1 aromatic heterocycles. The highest BCUT2D eigenvalue weighted by Crippen LogP contribution is 2.37. The van der Waals surface area contributed by atoms with E-state index < -0.39 is 18.2 Å². The highest BCUT2D eigenvalue weighted by molar-refractivity contribution is 5.95. The number of aromatic nitrogens is 1. The molecule has 0 aliphatic heterocycles. The minimum atomic E-state index is -3.11. The molecule has 0 bridgehead atoms. The van der Waals surface area contributed by atoms with Gasteiger partial charge in [0.1, 0.15) is 17.4 Å². The van der Waals surface area contributed by atoms with Gasteiger partial charge in [0.2, 0.25) is 0 Å².